The Labute approximate surface area is 220 Å². The summed E-state index contributed by atoms with van der Waals surface area (Å²) in [5.74, 6) is -1.26. The number of carboxylic acid groups (broad SMARTS) is 1. The number of fused-ring (bicyclic) bond motifs is 1. The molecule has 38 heavy (non-hydrogen) atoms. The highest BCUT2D eigenvalue weighted by molar-refractivity contribution is 7.92. The van der Waals surface area contributed by atoms with E-state index in [0.717, 1.165) is 25.2 Å². The van der Waals surface area contributed by atoms with Gasteiger partial charge in [0.1, 0.15) is 11.6 Å². The number of nitrogens with one attached hydrogen (secondary N) is 1. The van der Waals surface area contributed by atoms with Crippen molar-refractivity contribution in [1.82, 2.24) is 4.98 Å². The van der Waals surface area contributed by atoms with Crippen molar-refractivity contribution in [1.29, 1.82) is 0 Å². The number of anilines is 3. The van der Waals surface area contributed by atoms with E-state index in [1.807, 2.05) is 0 Å². The number of aromatic carboxylic acids is 1. The Balaban J connectivity index is 1.41. The van der Waals surface area contributed by atoms with Crippen LogP contribution in [0.5, 0.6) is 0 Å². The summed E-state index contributed by atoms with van der Waals surface area (Å²) in [6, 6.07) is 17.0. The van der Waals surface area contributed by atoms with E-state index >= 15 is 0 Å². The van der Waals surface area contributed by atoms with Crippen LogP contribution < -0.4 is 14.5 Å². The smallest absolute Gasteiger partial charge is 0.336 e. The normalized spacial score (nSPS) is 14.1. The number of hydrogen-bond donors (Lipinski definition) is 2. The number of rotatable bonds is 6. The average Bonchev–Trinajstić information content (AvgIpc) is 2.89. The quantitative estimate of drug-likeness (QED) is 0.366. The molecule has 4 aromatic rings. The lowest BCUT2D eigenvalue weighted by molar-refractivity contribution is 0.0699. The van der Waals surface area contributed by atoms with Crippen LogP contribution in [0.2, 0.25) is 0 Å². The zero-order chi connectivity index (χ0) is 27.0. The average molecular weight is 535 g/mol. The number of aryl methyl sites for hydroxylation is 1. The molecule has 3 aromatic carbocycles. The monoisotopic (exact) mass is 534 g/mol. The minimum absolute atomic E-state index is 0.0220. The van der Waals surface area contributed by atoms with Gasteiger partial charge in [-0.05, 0) is 73.5 Å². The second kappa shape index (κ2) is 9.94. The number of pyridine rings is 1. The van der Waals surface area contributed by atoms with Crippen LogP contribution in [-0.4, -0.2) is 50.7 Å². The van der Waals surface area contributed by atoms with Crippen LogP contribution in [0.3, 0.4) is 0 Å². The van der Waals surface area contributed by atoms with E-state index in [-0.39, 0.29) is 16.1 Å². The molecule has 2 heterocycles. The Hall–Kier alpha value is -4.18. The number of halogens is 1. The third kappa shape index (κ3) is 4.99. The zero-order valence-electron chi connectivity index (χ0n) is 21.0. The Kier molecular flexibility index (Phi) is 6.66. The Morgan fingerprint density at radius 1 is 0.947 bits per heavy atom. The number of piperazine rings is 1. The first-order valence-electron chi connectivity index (χ1n) is 12.1. The molecule has 1 aliphatic heterocycles. The fourth-order valence-electron chi connectivity index (χ4n) is 4.72. The molecule has 0 unspecified atom stereocenters. The molecule has 196 valence electrons. The third-order valence-electron chi connectivity index (χ3n) is 6.90. The number of carbonyl (C=O) groups is 1. The Morgan fingerprint density at radius 3 is 2.37 bits per heavy atom. The summed E-state index contributed by atoms with van der Waals surface area (Å²) >= 11 is 0. The van der Waals surface area contributed by atoms with Crippen molar-refractivity contribution in [3.8, 4) is 0 Å². The summed E-state index contributed by atoms with van der Waals surface area (Å²) in [6.07, 6.45) is 0. The summed E-state index contributed by atoms with van der Waals surface area (Å²) in [7, 11) is -4.07. The SMILES string of the molecule is Cc1cccc(N2CCN(c3cc(C(=O)O)c4cc(NS(=O)(=O)c5cccc(F)c5)ccc4n3)CC2)c1C. The van der Waals surface area contributed by atoms with Gasteiger partial charge in [-0.15, -0.1) is 0 Å². The summed E-state index contributed by atoms with van der Waals surface area (Å²) in [4.78, 5) is 21.0. The van der Waals surface area contributed by atoms with E-state index in [2.05, 4.69) is 46.6 Å². The molecule has 0 spiro atoms. The molecule has 8 nitrogen and oxygen atoms in total. The number of hydrogen-bond acceptors (Lipinski definition) is 6. The lowest BCUT2D eigenvalue weighted by Crippen LogP contribution is -2.47. The largest absolute Gasteiger partial charge is 0.478 e. The third-order valence-corrected chi connectivity index (χ3v) is 8.28. The van der Waals surface area contributed by atoms with Gasteiger partial charge in [-0.2, -0.15) is 0 Å². The maximum absolute atomic E-state index is 13.5. The summed E-state index contributed by atoms with van der Waals surface area (Å²) in [5, 5.41) is 10.3. The number of aromatic nitrogens is 1. The first-order valence-corrected chi connectivity index (χ1v) is 13.6. The van der Waals surface area contributed by atoms with Crippen LogP contribution in [0.4, 0.5) is 21.6 Å². The van der Waals surface area contributed by atoms with Gasteiger partial charge in [-0.25, -0.2) is 22.6 Å². The molecule has 1 saturated heterocycles. The second-order valence-corrected chi connectivity index (χ2v) is 11.0. The predicted molar refractivity (Wildman–Crippen MR) is 146 cm³/mol. The molecule has 1 aromatic heterocycles. The highest BCUT2D eigenvalue weighted by Gasteiger charge is 2.23. The number of nitrogens with zero attached hydrogens (tertiary/aromatic N) is 3. The van der Waals surface area contributed by atoms with E-state index in [1.165, 1.54) is 47.1 Å². The van der Waals surface area contributed by atoms with Gasteiger partial charge in [-0.1, -0.05) is 18.2 Å². The molecule has 1 aliphatic rings. The highest BCUT2D eigenvalue weighted by atomic mass is 32.2. The molecule has 0 radical (unpaired) electrons. The molecule has 5 rings (SSSR count). The van der Waals surface area contributed by atoms with Crippen LogP contribution in [0.15, 0.2) is 71.6 Å². The summed E-state index contributed by atoms with van der Waals surface area (Å²) in [6.45, 7) is 7.11. The van der Waals surface area contributed by atoms with Crippen molar-refractivity contribution in [2.75, 3.05) is 40.7 Å². The molecule has 0 atom stereocenters. The molecule has 1 fully saturated rings. The van der Waals surface area contributed by atoms with Gasteiger partial charge in [0.2, 0.25) is 0 Å². The molecular weight excluding hydrogens is 507 g/mol. The van der Waals surface area contributed by atoms with Gasteiger partial charge in [0.05, 0.1) is 16.0 Å². The molecule has 0 saturated carbocycles. The van der Waals surface area contributed by atoms with Gasteiger partial charge in [0.15, 0.2) is 0 Å². The fraction of sp³-hybridized carbons (Fsp3) is 0.214. The summed E-state index contributed by atoms with van der Waals surface area (Å²) in [5.41, 5.74) is 4.31. The lowest BCUT2D eigenvalue weighted by atomic mass is 10.1. The number of sulfonamides is 1. The van der Waals surface area contributed by atoms with E-state index in [0.29, 0.717) is 29.8 Å². The van der Waals surface area contributed by atoms with E-state index in [1.54, 1.807) is 6.07 Å². The molecule has 2 N–H and O–H groups in total. The topological polar surface area (TPSA) is 103 Å². The first kappa shape index (κ1) is 25.5. The Bertz CT molecular complexity index is 1650. The molecule has 0 bridgehead atoms. The molecular formula is C28H27FN4O4S. The lowest BCUT2D eigenvalue weighted by Gasteiger charge is -2.37. The van der Waals surface area contributed by atoms with E-state index < -0.39 is 21.8 Å². The van der Waals surface area contributed by atoms with Crippen LogP contribution >= 0.6 is 0 Å². The van der Waals surface area contributed by atoms with Crippen molar-refractivity contribution >= 4 is 44.1 Å². The molecule has 0 aliphatic carbocycles. The minimum Gasteiger partial charge on any atom is -0.478 e. The van der Waals surface area contributed by atoms with Crippen molar-refractivity contribution < 1.29 is 22.7 Å². The van der Waals surface area contributed by atoms with Gasteiger partial charge >= 0.3 is 5.97 Å². The number of benzene rings is 3. The summed E-state index contributed by atoms with van der Waals surface area (Å²) < 4.78 is 41.4. The number of carboxylic acids is 1. The fourth-order valence-corrected chi connectivity index (χ4v) is 5.80. The van der Waals surface area contributed by atoms with Crippen molar-refractivity contribution in [3.63, 3.8) is 0 Å². The van der Waals surface area contributed by atoms with Crippen molar-refractivity contribution in [2.24, 2.45) is 0 Å². The van der Waals surface area contributed by atoms with Crippen LogP contribution in [-0.2, 0) is 10.0 Å². The van der Waals surface area contributed by atoms with Crippen LogP contribution in [0, 0.1) is 19.7 Å². The van der Waals surface area contributed by atoms with Crippen molar-refractivity contribution in [3.05, 3.63) is 89.2 Å². The second-order valence-electron chi connectivity index (χ2n) is 9.32. The predicted octanol–water partition coefficient (Wildman–Crippen LogP) is 4.82. The molecule has 10 heteroatoms. The van der Waals surface area contributed by atoms with Crippen molar-refractivity contribution in [2.45, 2.75) is 18.7 Å². The Morgan fingerprint density at radius 2 is 1.66 bits per heavy atom. The first-order chi connectivity index (χ1) is 18.1. The minimum atomic E-state index is -4.07. The van der Waals surface area contributed by atoms with Gasteiger partial charge in [-0.3, -0.25) is 4.72 Å². The van der Waals surface area contributed by atoms with E-state index in [4.69, 9.17) is 4.98 Å². The maximum atomic E-state index is 13.5. The highest BCUT2D eigenvalue weighted by Crippen LogP contribution is 2.29. The van der Waals surface area contributed by atoms with Gasteiger partial charge < -0.3 is 14.9 Å². The zero-order valence-corrected chi connectivity index (χ0v) is 21.8. The standard InChI is InChI=1S/C28H27FN4O4S/c1-18-5-3-8-26(19(18)2)32-11-13-33(14-12-32)27-17-24(28(34)35)23-16-21(9-10-25(23)30-27)31-38(36,37)22-7-4-6-20(29)15-22/h3-10,15-17,31H,11-14H2,1-2H3,(H,34,35). The van der Waals surface area contributed by atoms with Gasteiger partial charge in [0.25, 0.3) is 10.0 Å². The molecule has 0 amide bonds. The van der Waals surface area contributed by atoms with Crippen LogP contribution in [0.1, 0.15) is 21.5 Å². The maximum Gasteiger partial charge on any atom is 0.336 e. The van der Waals surface area contributed by atoms with Gasteiger partial charge in [0, 0.05) is 42.9 Å². The van der Waals surface area contributed by atoms with Crippen LogP contribution in [0.25, 0.3) is 10.9 Å². The van der Waals surface area contributed by atoms with E-state index in [9.17, 15) is 22.7 Å².